The number of aromatic nitrogens is 1. The van der Waals surface area contributed by atoms with E-state index in [-0.39, 0.29) is 0 Å². The summed E-state index contributed by atoms with van der Waals surface area (Å²) in [4.78, 5) is 0. The van der Waals surface area contributed by atoms with Gasteiger partial charge in [0.2, 0.25) is 0 Å². The van der Waals surface area contributed by atoms with Gasteiger partial charge in [0.05, 0.1) is 5.69 Å². The molecule has 0 saturated carbocycles. The van der Waals surface area contributed by atoms with Gasteiger partial charge in [-0.05, 0) is 49.2 Å². The van der Waals surface area contributed by atoms with Gasteiger partial charge in [-0.1, -0.05) is 72.3 Å². The summed E-state index contributed by atoms with van der Waals surface area (Å²) in [5.41, 5.74) is 8.19. The van der Waals surface area contributed by atoms with Gasteiger partial charge in [0, 0.05) is 27.5 Å². The van der Waals surface area contributed by atoms with Crippen molar-refractivity contribution in [3.05, 3.63) is 101 Å². The van der Waals surface area contributed by atoms with E-state index in [0.29, 0.717) is 0 Å². The molecule has 0 radical (unpaired) electrons. The topological polar surface area (TPSA) is 4.93 Å². The third-order valence-corrected chi connectivity index (χ3v) is 4.96. The van der Waals surface area contributed by atoms with E-state index in [1.807, 2.05) is 12.1 Å². The van der Waals surface area contributed by atoms with E-state index in [9.17, 15) is 0 Å². The number of benzene rings is 3. The SMILES string of the molecule is Cc1ccc(C)n1-c1c(-c2ccccc2)cc(Cl)cc1-c1ccccc1. The molecule has 0 unspecified atom stereocenters. The largest absolute Gasteiger partial charge is 0.317 e. The minimum Gasteiger partial charge on any atom is -0.317 e. The van der Waals surface area contributed by atoms with Crippen LogP contribution in [0.1, 0.15) is 11.4 Å². The first-order valence-electron chi connectivity index (χ1n) is 8.75. The normalized spacial score (nSPS) is 10.9. The Kier molecular flexibility index (Phi) is 4.40. The second kappa shape index (κ2) is 6.86. The summed E-state index contributed by atoms with van der Waals surface area (Å²) >= 11 is 6.55. The maximum atomic E-state index is 6.55. The highest BCUT2D eigenvalue weighted by Crippen LogP contribution is 2.39. The van der Waals surface area contributed by atoms with Gasteiger partial charge in [-0.2, -0.15) is 0 Å². The summed E-state index contributed by atoms with van der Waals surface area (Å²) in [5.74, 6) is 0. The predicted octanol–water partition coefficient (Wildman–Crippen LogP) is 7.08. The predicted molar refractivity (Wildman–Crippen MR) is 111 cm³/mol. The number of aryl methyl sites for hydroxylation is 2. The van der Waals surface area contributed by atoms with Crippen molar-refractivity contribution in [2.75, 3.05) is 0 Å². The zero-order valence-corrected chi connectivity index (χ0v) is 15.7. The first-order valence-corrected chi connectivity index (χ1v) is 9.12. The molecule has 4 aromatic rings. The van der Waals surface area contributed by atoms with Gasteiger partial charge in [0.15, 0.2) is 0 Å². The number of nitrogens with zero attached hydrogens (tertiary/aromatic N) is 1. The Bertz CT molecular complexity index is 966. The van der Waals surface area contributed by atoms with Crippen LogP contribution in [0.25, 0.3) is 27.9 Å². The van der Waals surface area contributed by atoms with Crippen molar-refractivity contribution in [1.29, 1.82) is 0 Å². The second-order valence-corrected chi connectivity index (χ2v) is 6.97. The molecule has 0 aliphatic rings. The third kappa shape index (κ3) is 2.95. The zero-order chi connectivity index (χ0) is 18.1. The van der Waals surface area contributed by atoms with Crippen LogP contribution in [0.15, 0.2) is 84.9 Å². The Morgan fingerprint density at radius 3 is 1.46 bits per heavy atom. The molecule has 26 heavy (non-hydrogen) atoms. The smallest absolute Gasteiger partial charge is 0.0612 e. The van der Waals surface area contributed by atoms with E-state index in [0.717, 1.165) is 27.3 Å². The summed E-state index contributed by atoms with van der Waals surface area (Å²) in [6.07, 6.45) is 0. The van der Waals surface area contributed by atoms with Crippen molar-refractivity contribution in [2.24, 2.45) is 0 Å². The number of halogens is 1. The minimum atomic E-state index is 0.744. The highest BCUT2D eigenvalue weighted by Gasteiger charge is 2.17. The van der Waals surface area contributed by atoms with E-state index in [4.69, 9.17) is 11.6 Å². The maximum absolute atomic E-state index is 6.55. The Morgan fingerprint density at radius 2 is 1.04 bits per heavy atom. The van der Waals surface area contributed by atoms with Crippen LogP contribution in [0, 0.1) is 13.8 Å². The van der Waals surface area contributed by atoms with E-state index in [2.05, 4.69) is 91.2 Å². The summed E-state index contributed by atoms with van der Waals surface area (Å²) in [6, 6.07) is 29.3. The Morgan fingerprint density at radius 1 is 0.615 bits per heavy atom. The lowest BCUT2D eigenvalue weighted by Gasteiger charge is -2.20. The molecule has 1 nitrogen and oxygen atoms in total. The Balaban J connectivity index is 2.12. The molecule has 0 spiro atoms. The molecule has 0 atom stereocenters. The van der Waals surface area contributed by atoms with Crippen molar-refractivity contribution >= 4 is 11.6 Å². The van der Waals surface area contributed by atoms with Gasteiger partial charge < -0.3 is 4.57 Å². The molecule has 1 aromatic heterocycles. The summed E-state index contributed by atoms with van der Waals surface area (Å²) < 4.78 is 2.32. The fraction of sp³-hybridized carbons (Fsp3) is 0.0833. The van der Waals surface area contributed by atoms with Crippen molar-refractivity contribution in [3.63, 3.8) is 0 Å². The van der Waals surface area contributed by atoms with Gasteiger partial charge in [0.25, 0.3) is 0 Å². The molecular formula is C24H20ClN. The summed E-state index contributed by atoms with van der Waals surface area (Å²) in [5, 5.41) is 0.744. The van der Waals surface area contributed by atoms with E-state index >= 15 is 0 Å². The fourth-order valence-corrected chi connectivity index (χ4v) is 3.76. The van der Waals surface area contributed by atoms with Crippen molar-refractivity contribution < 1.29 is 0 Å². The number of rotatable bonds is 3. The van der Waals surface area contributed by atoms with Gasteiger partial charge in [-0.3, -0.25) is 0 Å². The molecule has 0 amide bonds. The molecule has 0 aliphatic heterocycles. The molecule has 0 N–H and O–H groups in total. The summed E-state index contributed by atoms with van der Waals surface area (Å²) in [7, 11) is 0. The maximum Gasteiger partial charge on any atom is 0.0612 e. The van der Waals surface area contributed by atoms with Gasteiger partial charge in [-0.25, -0.2) is 0 Å². The lowest BCUT2D eigenvalue weighted by atomic mass is 9.95. The molecule has 0 aliphatic carbocycles. The first kappa shape index (κ1) is 16.7. The van der Waals surface area contributed by atoms with Crippen LogP contribution in [0.2, 0.25) is 5.02 Å². The number of hydrogen-bond acceptors (Lipinski definition) is 0. The van der Waals surface area contributed by atoms with E-state index in [1.54, 1.807) is 0 Å². The monoisotopic (exact) mass is 357 g/mol. The van der Waals surface area contributed by atoms with E-state index in [1.165, 1.54) is 17.1 Å². The van der Waals surface area contributed by atoms with Crippen molar-refractivity contribution in [2.45, 2.75) is 13.8 Å². The van der Waals surface area contributed by atoms with Gasteiger partial charge >= 0.3 is 0 Å². The first-order chi connectivity index (χ1) is 12.6. The zero-order valence-electron chi connectivity index (χ0n) is 14.9. The lowest BCUT2D eigenvalue weighted by molar-refractivity contribution is 0.969. The average Bonchev–Trinajstić information content (AvgIpc) is 3.01. The molecule has 2 heteroatoms. The Labute approximate surface area is 159 Å². The van der Waals surface area contributed by atoms with Crippen molar-refractivity contribution in [3.8, 4) is 27.9 Å². The quantitative estimate of drug-likeness (QED) is 0.369. The molecule has 128 valence electrons. The lowest BCUT2D eigenvalue weighted by Crippen LogP contribution is -2.04. The molecule has 0 bridgehead atoms. The van der Waals surface area contributed by atoms with Gasteiger partial charge in [-0.15, -0.1) is 0 Å². The Hall–Kier alpha value is -2.77. The van der Waals surface area contributed by atoms with Crippen molar-refractivity contribution in [1.82, 2.24) is 4.57 Å². The second-order valence-electron chi connectivity index (χ2n) is 6.53. The van der Waals surface area contributed by atoms with E-state index < -0.39 is 0 Å². The van der Waals surface area contributed by atoms with Crippen LogP contribution in [0.5, 0.6) is 0 Å². The van der Waals surface area contributed by atoms with Crippen LogP contribution in [0.3, 0.4) is 0 Å². The van der Waals surface area contributed by atoms with Crippen LogP contribution < -0.4 is 0 Å². The van der Waals surface area contributed by atoms with Crippen LogP contribution in [-0.2, 0) is 0 Å². The molecule has 3 aromatic carbocycles. The molecular weight excluding hydrogens is 338 g/mol. The number of hydrogen-bond donors (Lipinski definition) is 0. The fourth-order valence-electron chi connectivity index (χ4n) is 3.54. The van der Waals surface area contributed by atoms with Crippen LogP contribution >= 0.6 is 11.6 Å². The highest BCUT2D eigenvalue weighted by molar-refractivity contribution is 6.31. The highest BCUT2D eigenvalue weighted by atomic mass is 35.5. The van der Waals surface area contributed by atoms with Crippen LogP contribution in [0.4, 0.5) is 0 Å². The molecule has 4 rings (SSSR count). The molecule has 0 fully saturated rings. The summed E-state index contributed by atoms with van der Waals surface area (Å²) in [6.45, 7) is 4.29. The molecule has 1 heterocycles. The van der Waals surface area contributed by atoms with Gasteiger partial charge in [0.1, 0.15) is 0 Å². The molecule has 0 saturated heterocycles. The van der Waals surface area contributed by atoms with Crippen LogP contribution in [-0.4, -0.2) is 4.57 Å². The average molecular weight is 358 g/mol. The minimum absolute atomic E-state index is 0.744. The standard InChI is InChI=1S/C24H20ClN/c1-17-13-14-18(2)26(17)24-22(19-9-5-3-6-10-19)15-21(25)16-23(24)20-11-7-4-8-12-20/h3-16H,1-2H3. The third-order valence-electron chi connectivity index (χ3n) is 4.74.